The molecule has 3 amide bonds. The summed E-state index contributed by atoms with van der Waals surface area (Å²) in [5, 5.41) is 5.18. The summed E-state index contributed by atoms with van der Waals surface area (Å²) < 4.78 is 14.4. The number of pyridine rings is 1. The van der Waals surface area contributed by atoms with Crippen molar-refractivity contribution in [2.75, 3.05) is 33.1 Å². The fourth-order valence-corrected chi connectivity index (χ4v) is 5.53. The average molecular weight is 668 g/mol. The maximum absolute atomic E-state index is 13.6. The number of carbonyl (C=O) groups excluding carboxylic acids is 3. The van der Waals surface area contributed by atoms with E-state index in [0.29, 0.717) is 25.7 Å². The van der Waals surface area contributed by atoms with Gasteiger partial charge in [-0.25, -0.2) is 14.8 Å². The van der Waals surface area contributed by atoms with Gasteiger partial charge in [0.25, 0.3) is 5.56 Å². The first-order valence-corrected chi connectivity index (χ1v) is 19.5. The molecule has 14 heteroatoms. The number of alkyl carbamates (subject to hydrolysis) is 1. The van der Waals surface area contributed by atoms with Crippen LogP contribution in [0.25, 0.3) is 11.0 Å². The fraction of sp³-hybridized carbons (Fsp3) is 0.515. The Hall–Kier alpha value is -4.30. The first kappa shape index (κ1) is 37.2. The van der Waals surface area contributed by atoms with Crippen LogP contribution in [-0.2, 0) is 38.8 Å². The molecule has 1 atom stereocenters. The predicted molar refractivity (Wildman–Crippen MR) is 185 cm³/mol. The molecule has 3 heterocycles. The molecule has 3 rings (SSSR count). The van der Waals surface area contributed by atoms with Crippen LogP contribution in [0.1, 0.15) is 38.1 Å². The Morgan fingerprint density at radius 2 is 1.89 bits per heavy atom. The number of ether oxygens (including phenoxy) is 2. The Labute approximate surface area is 277 Å². The summed E-state index contributed by atoms with van der Waals surface area (Å²) >= 11 is 0. The van der Waals surface area contributed by atoms with E-state index in [-0.39, 0.29) is 24.6 Å². The van der Waals surface area contributed by atoms with Gasteiger partial charge in [-0.05, 0) is 55.5 Å². The van der Waals surface area contributed by atoms with Gasteiger partial charge in [-0.2, -0.15) is 0 Å². The van der Waals surface area contributed by atoms with Crippen molar-refractivity contribution < 1.29 is 23.9 Å². The molecule has 47 heavy (non-hydrogen) atoms. The quantitative estimate of drug-likeness (QED) is 0.131. The summed E-state index contributed by atoms with van der Waals surface area (Å²) in [6.07, 6.45) is 6.73. The molecule has 0 saturated carbocycles. The SMILES string of the molecule is COC(=O)N[C@@H](CC/C=C/C(=O)N(C)C)C(=O)Nc1cccn(Cc2cc3ncnc(CC(C)C)c3n2COCC[Si](C)(C)C)c1=O. The van der Waals surface area contributed by atoms with Gasteiger partial charge in [0.05, 0.1) is 30.4 Å². The Morgan fingerprint density at radius 3 is 2.55 bits per heavy atom. The normalized spacial score (nSPS) is 12.4. The lowest BCUT2D eigenvalue weighted by molar-refractivity contribution is -0.123. The number of amides is 3. The minimum absolute atomic E-state index is 0.0572. The maximum Gasteiger partial charge on any atom is 0.407 e. The highest BCUT2D eigenvalue weighted by molar-refractivity contribution is 6.76. The molecule has 0 aromatic carbocycles. The number of nitrogens with zero attached hydrogens (tertiary/aromatic N) is 5. The fourth-order valence-electron chi connectivity index (χ4n) is 4.78. The molecule has 3 aromatic heterocycles. The van der Waals surface area contributed by atoms with Crippen molar-refractivity contribution in [2.24, 2.45) is 5.92 Å². The molecule has 13 nitrogen and oxygen atoms in total. The maximum atomic E-state index is 13.6. The standard InChI is InChI=1S/C33H49N7O6Si/c1-23(2)18-27-30-28(35-21-34-27)19-24(40(30)22-46-16-17-47(6,7)8)20-39-15-11-13-26(32(39)43)36-31(42)25(37-33(44)45-5)12-9-10-14-29(41)38(3)4/h10-11,13-15,19,21,23,25H,9,12,16-18,20,22H2,1-8H3,(H,36,42)(H,37,44)/b14-10+/t25-/m0/s1. The minimum atomic E-state index is -1.29. The highest BCUT2D eigenvalue weighted by Crippen LogP contribution is 2.24. The van der Waals surface area contributed by atoms with Crippen LogP contribution in [0.5, 0.6) is 0 Å². The van der Waals surface area contributed by atoms with E-state index in [9.17, 15) is 19.2 Å². The van der Waals surface area contributed by atoms with Gasteiger partial charge >= 0.3 is 6.09 Å². The molecular formula is C33H49N7O6Si. The van der Waals surface area contributed by atoms with Gasteiger partial charge in [0.15, 0.2) is 0 Å². The summed E-state index contributed by atoms with van der Waals surface area (Å²) in [5.41, 5.74) is 3.03. The predicted octanol–water partition coefficient (Wildman–Crippen LogP) is 4.24. The first-order valence-electron chi connectivity index (χ1n) is 15.8. The van der Waals surface area contributed by atoms with Crippen molar-refractivity contribution in [1.82, 2.24) is 29.3 Å². The van der Waals surface area contributed by atoms with E-state index in [4.69, 9.17) is 4.74 Å². The number of anilines is 1. The second-order valence-corrected chi connectivity index (χ2v) is 18.9. The first-order chi connectivity index (χ1) is 22.2. The number of methoxy groups -OCH3 is 1. The molecule has 0 aliphatic heterocycles. The molecule has 2 N–H and O–H groups in total. The molecule has 256 valence electrons. The van der Waals surface area contributed by atoms with Crippen LogP contribution in [0, 0.1) is 5.92 Å². The van der Waals surface area contributed by atoms with Crippen LogP contribution >= 0.6 is 0 Å². The summed E-state index contributed by atoms with van der Waals surface area (Å²) in [6, 6.07) is 5.16. The number of hydrogen-bond acceptors (Lipinski definition) is 8. The van der Waals surface area contributed by atoms with Gasteiger partial charge in [0.1, 0.15) is 24.8 Å². The zero-order valence-electron chi connectivity index (χ0n) is 28.8. The molecule has 0 fully saturated rings. The summed E-state index contributed by atoms with van der Waals surface area (Å²) in [7, 11) is 3.17. The molecular weight excluding hydrogens is 618 g/mol. The van der Waals surface area contributed by atoms with Crippen LogP contribution < -0.4 is 16.2 Å². The highest BCUT2D eigenvalue weighted by Gasteiger charge is 2.23. The van der Waals surface area contributed by atoms with Crippen LogP contribution in [0.2, 0.25) is 25.7 Å². The third-order valence-electron chi connectivity index (χ3n) is 7.39. The minimum Gasteiger partial charge on any atom is -0.453 e. The summed E-state index contributed by atoms with van der Waals surface area (Å²) in [6.45, 7) is 12.3. The van der Waals surface area contributed by atoms with Gasteiger partial charge in [0.2, 0.25) is 11.8 Å². The molecule has 0 spiro atoms. The number of rotatable bonds is 16. The number of allylic oxidation sites excluding steroid dienone is 1. The van der Waals surface area contributed by atoms with Gasteiger partial charge in [-0.3, -0.25) is 14.4 Å². The molecule has 0 radical (unpaired) electrons. The van der Waals surface area contributed by atoms with Gasteiger partial charge in [0, 0.05) is 40.7 Å². The molecule has 0 saturated heterocycles. The van der Waals surface area contributed by atoms with Gasteiger partial charge < -0.3 is 34.1 Å². The second-order valence-electron chi connectivity index (χ2n) is 13.3. The zero-order chi connectivity index (χ0) is 34.7. The van der Waals surface area contributed by atoms with Gasteiger partial charge in [-0.15, -0.1) is 0 Å². The van der Waals surface area contributed by atoms with Crippen LogP contribution in [-0.4, -0.2) is 83.8 Å². The Morgan fingerprint density at radius 1 is 1.15 bits per heavy atom. The van der Waals surface area contributed by atoms with E-state index < -0.39 is 31.7 Å². The van der Waals surface area contributed by atoms with Crippen molar-refractivity contribution in [3.05, 3.63) is 64.6 Å². The average Bonchev–Trinajstić information content (AvgIpc) is 3.35. The lowest BCUT2D eigenvalue weighted by atomic mass is 10.1. The van der Waals surface area contributed by atoms with Crippen molar-refractivity contribution in [3.63, 3.8) is 0 Å². The van der Waals surface area contributed by atoms with Crippen LogP contribution in [0.4, 0.5) is 10.5 Å². The van der Waals surface area contributed by atoms with E-state index >= 15 is 0 Å². The highest BCUT2D eigenvalue weighted by atomic mass is 28.3. The lowest BCUT2D eigenvalue weighted by Crippen LogP contribution is -2.44. The topological polar surface area (TPSA) is 150 Å². The zero-order valence-corrected chi connectivity index (χ0v) is 29.8. The number of aromatic nitrogens is 4. The Balaban J connectivity index is 1.88. The smallest absolute Gasteiger partial charge is 0.407 e. The van der Waals surface area contributed by atoms with Crippen molar-refractivity contribution >= 4 is 42.7 Å². The second kappa shape index (κ2) is 17.0. The van der Waals surface area contributed by atoms with Crippen molar-refractivity contribution in [3.8, 4) is 0 Å². The van der Waals surface area contributed by atoms with E-state index in [1.807, 2.05) is 10.6 Å². The molecule has 3 aromatic rings. The van der Waals surface area contributed by atoms with E-state index in [0.717, 1.165) is 34.9 Å². The molecule has 0 bridgehead atoms. The number of likely N-dealkylation sites (N-methyl/N-ethyl adjacent to an activating group) is 1. The van der Waals surface area contributed by atoms with Crippen LogP contribution in [0.3, 0.4) is 0 Å². The van der Waals surface area contributed by atoms with E-state index in [1.165, 1.54) is 28.7 Å². The molecule has 0 unspecified atom stereocenters. The molecule has 0 aliphatic rings. The number of carbonyl (C=O) groups is 3. The number of fused-ring (bicyclic) bond motifs is 1. The molecule has 0 aliphatic carbocycles. The number of hydrogen-bond donors (Lipinski definition) is 2. The lowest BCUT2D eigenvalue weighted by Gasteiger charge is -2.18. The Bertz CT molecular complexity index is 1620. The van der Waals surface area contributed by atoms with Crippen molar-refractivity contribution in [1.29, 1.82) is 0 Å². The third-order valence-corrected chi connectivity index (χ3v) is 9.10. The van der Waals surface area contributed by atoms with E-state index in [1.54, 1.807) is 38.8 Å². The van der Waals surface area contributed by atoms with E-state index in [2.05, 4.69) is 58.8 Å². The van der Waals surface area contributed by atoms with Crippen molar-refractivity contribution in [2.45, 2.75) is 78.1 Å². The summed E-state index contributed by atoms with van der Waals surface area (Å²) in [5.74, 6) is -0.405. The van der Waals surface area contributed by atoms with Gasteiger partial charge in [-0.1, -0.05) is 39.6 Å². The summed E-state index contributed by atoms with van der Waals surface area (Å²) in [4.78, 5) is 61.3. The number of nitrogens with one attached hydrogen (secondary N) is 2. The van der Waals surface area contributed by atoms with Crippen LogP contribution in [0.15, 0.2) is 47.7 Å². The monoisotopic (exact) mass is 667 g/mol. The third kappa shape index (κ3) is 11.2. The Kier molecular flexibility index (Phi) is 13.5. The largest absolute Gasteiger partial charge is 0.453 e.